The van der Waals surface area contributed by atoms with Crippen LogP contribution in [0.25, 0.3) is 0 Å². The minimum atomic E-state index is 0.552. The molecule has 0 bridgehead atoms. The number of hydrogen-bond acceptors (Lipinski definition) is 2. The SMILES string of the molecule is Cc1cccc(CSCCCNC(=S)Nc2ccc(C(C)C)cc2)c1. The minimum Gasteiger partial charge on any atom is -0.362 e. The van der Waals surface area contributed by atoms with E-state index >= 15 is 0 Å². The topological polar surface area (TPSA) is 24.1 Å². The van der Waals surface area contributed by atoms with Gasteiger partial charge in [0.05, 0.1) is 0 Å². The van der Waals surface area contributed by atoms with Crippen LogP contribution in [0.2, 0.25) is 0 Å². The molecule has 0 aliphatic rings. The molecule has 0 aliphatic carbocycles. The fraction of sp³-hybridized carbons (Fsp3) is 0.381. The Morgan fingerprint density at radius 3 is 2.56 bits per heavy atom. The maximum atomic E-state index is 5.36. The van der Waals surface area contributed by atoms with Crippen molar-refractivity contribution < 1.29 is 0 Å². The molecule has 0 heterocycles. The van der Waals surface area contributed by atoms with Gasteiger partial charge in [-0.25, -0.2) is 0 Å². The van der Waals surface area contributed by atoms with Gasteiger partial charge in [0.15, 0.2) is 5.11 Å². The fourth-order valence-corrected chi connectivity index (χ4v) is 3.62. The first kappa shape index (κ1) is 19.8. The van der Waals surface area contributed by atoms with Gasteiger partial charge in [-0.05, 0) is 60.5 Å². The van der Waals surface area contributed by atoms with Crippen molar-refractivity contribution in [2.24, 2.45) is 0 Å². The van der Waals surface area contributed by atoms with Crippen molar-refractivity contribution in [3.63, 3.8) is 0 Å². The third-order valence-electron chi connectivity index (χ3n) is 3.94. The van der Waals surface area contributed by atoms with Crippen molar-refractivity contribution in [2.45, 2.75) is 38.9 Å². The first-order chi connectivity index (χ1) is 12.0. The minimum absolute atomic E-state index is 0.552. The molecular weight excluding hydrogens is 344 g/mol. The zero-order valence-corrected chi connectivity index (χ0v) is 17.0. The number of nitrogens with one attached hydrogen (secondary N) is 2. The summed E-state index contributed by atoms with van der Waals surface area (Å²) < 4.78 is 0. The first-order valence-corrected chi connectivity index (χ1v) is 10.4. The van der Waals surface area contributed by atoms with Crippen molar-refractivity contribution in [1.29, 1.82) is 0 Å². The Labute approximate surface area is 161 Å². The van der Waals surface area contributed by atoms with Crippen LogP contribution in [0.3, 0.4) is 0 Å². The summed E-state index contributed by atoms with van der Waals surface area (Å²) in [5, 5.41) is 7.22. The van der Waals surface area contributed by atoms with Crippen LogP contribution in [-0.4, -0.2) is 17.4 Å². The zero-order valence-electron chi connectivity index (χ0n) is 15.3. The molecule has 0 saturated carbocycles. The Morgan fingerprint density at radius 1 is 1.12 bits per heavy atom. The van der Waals surface area contributed by atoms with Gasteiger partial charge in [0.25, 0.3) is 0 Å². The highest BCUT2D eigenvalue weighted by Crippen LogP contribution is 2.17. The molecule has 0 spiro atoms. The summed E-state index contributed by atoms with van der Waals surface area (Å²) in [6.07, 6.45) is 1.10. The molecule has 0 radical (unpaired) electrons. The van der Waals surface area contributed by atoms with Crippen LogP contribution in [-0.2, 0) is 5.75 Å². The summed E-state index contributed by atoms with van der Waals surface area (Å²) in [6, 6.07) is 17.2. The Balaban J connectivity index is 1.59. The van der Waals surface area contributed by atoms with E-state index < -0.39 is 0 Å². The lowest BCUT2D eigenvalue weighted by molar-refractivity contribution is 0.854. The molecular formula is C21H28N2S2. The fourth-order valence-electron chi connectivity index (χ4n) is 2.49. The summed E-state index contributed by atoms with van der Waals surface area (Å²) in [4.78, 5) is 0. The van der Waals surface area contributed by atoms with Crippen LogP contribution in [0.5, 0.6) is 0 Å². The van der Waals surface area contributed by atoms with Gasteiger partial charge < -0.3 is 10.6 Å². The summed E-state index contributed by atoms with van der Waals surface area (Å²) in [7, 11) is 0. The van der Waals surface area contributed by atoms with Crippen molar-refractivity contribution in [2.75, 3.05) is 17.6 Å². The van der Waals surface area contributed by atoms with Gasteiger partial charge in [0.1, 0.15) is 0 Å². The monoisotopic (exact) mass is 372 g/mol. The molecule has 2 aromatic carbocycles. The van der Waals surface area contributed by atoms with Crippen molar-refractivity contribution >= 4 is 34.8 Å². The molecule has 2 N–H and O–H groups in total. The average molecular weight is 373 g/mol. The smallest absolute Gasteiger partial charge is 0.170 e. The molecule has 0 fully saturated rings. The normalized spacial score (nSPS) is 10.7. The standard InChI is InChI=1S/C21H28N2S2/c1-16(2)19-8-10-20(11-9-19)23-21(24)22-12-5-13-25-15-18-7-4-6-17(3)14-18/h4,6-11,14,16H,5,12-13,15H2,1-3H3,(H2,22,23,24). The van der Waals surface area contributed by atoms with E-state index in [0.717, 1.165) is 30.2 Å². The second kappa shape index (κ2) is 10.5. The number of thiocarbonyl (C=S) groups is 1. The molecule has 0 aliphatic heterocycles. The van der Waals surface area contributed by atoms with Crippen molar-refractivity contribution in [3.05, 3.63) is 65.2 Å². The number of aryl methyl sites for hydroxylation is 1. The predicted molar refractivity (Wildman–Crippen MR) is 117 cm³/mol. The van der Waals surface area contributed by atoms with Crippen LogP contribution >= 0.6 is 24.0 Å². The van der Waals surface area contributed by atoms with E-state index in [9.17, 15) is 0 Å². The van der Waals surface area contributed by atoms with Crippen molar-refractivity contribution in [1.82, 2.24) is 5.32 Å². The van der Waals surface area contributed by atoms with Gasteiger partial charge in [0, 0.05) is 18.0 Å². The molecule has 0 unspecified atom stereocenters. The largest absolute Gasteiger partial charge is 0.362 e. The molecule has 4 heteroatoms. The summed E-state index contributed by atoms with van der Waals surface area (Å²) >= 11 is 7.33. The molecule has 0 saturated heterocycles. The molecule has 25 heavy (non-hydrogen) atoms. The van der Waals surface area contributed by atoms with Crippen LogP contribution in [0, 0.1) is 6.92 Å². The van der Waals surface area contributed by atoms with Gasteiger partial charge >= 0.3 is 0 Å². The lowest BCUT2D eigenvalue weighted by Gasteiger charge is -2.12. The molecule has 0 atom stereocenters. The number of anilines is 1. The van der Waals surface area contributed by atoms with Gasteiger partial charge in [-0.3, -0.25) is 0 Å². The Hall–Kier alpha value is -1.52. The van der Waals surface area contributed by atoms with Crippen LogP contribution in [0.15, 0.2) is 48.5 Å². The number of rotatable bonds is 8. The predicted octanol–water partition coefficient (Wildman–Crippen LogP) is 5.73. The maximum Gasteiger partial charge on any atom is 0.170 e. The van der Waals surface area contributed by atoms with E-state index in [1.165, 1.54) is 16.7 Å². The summed E-state index contributed by atoms with van der Waals surface area (Å²) in [5.74, 6) is 2.76. The van der Waals surface area contributed by atoms with Crippen molar-refractivity contribution in [3.8, 4) is 0 Å². The van der Waals surface area contributed by atoms with Gasteiger partial charge in [0.2, 0.25) is 0 Å². The summed E-state index contributed by atoms with van der Waals surface area (Å²) in [5.41, 5.74) is 5.11. The highest BCUT2D eigenvalue weighted by molar-refractivity contribution is 7.98. The second-order valence-electron chi connectivity index (χ2n) is 6.55. The van der Waals surface area contributed by atoms with Gasteiger partial charge in [-0.2, -0.15) is 11.8 Å². The van der Waals surface area contributed by atoms with Crippen LogP contribution in [0.4, 0.5) is 5.69 Å². The lowest BCUT2D eigenvalue weighted by Crippen LogP contribution is -2.29. The lowest BCUT2D eigenvalue weighted by atomic mass is 10.0. The average Bonchev–Trinajstić information content (AvgIpc) is 2.58. The maximum absolute atomic E-state index is 5.36. The van der Waals surface area contributed by atoms with E-state index in [2.05, 4.69) is 79.9 Å². The molecule has 2 rings (SSSR count). The van der Waals surface area contributed by atoms with Gasteiger partial charge in [-0.15, -0.1) is 0 Å². The van der Waals surface area contributed by atoms with Crippen LogP contribution < -0.4 is 10.6 Å². The van der Waals surface area contributed by atoms with E-state index in [-0.39, 0.29) is 0 Å². The highest BCUT2D eigenvalue weighted by Gasteiger charge is 2.01. The Kier molecular flexibility index (Phi) is 8.29. The van der Waals surface area contributed by atoms with E-state index in [1.807, 2.05) is 11.8 Å². The molecule has 2 nitrogen and oxygen atoms in total. The highest BCUT2D eigenvalue weighted by atomic mass is 32.2. The number of benzene rings is 2. The molecule has 2 aromatic rings. The summed E-state index contributed by atoms with van der Waals surface area (Å²) in [6.45, 7) is 7.44. The third-order valence-corrected chi connectivity index (χ3v) is 5.30. The van der Waals surface area contributed by atoms with E-state index in [1.54, 1.807) is 0 Å². The second-order valence-corrected chi connectivity index (χ2v) is 8.07. The number of hydrogen-bond donors (Lipinski definition) is 2. The Bertz CT molecular complexity index is 666. The molecule has 134 valence electrons. The number of thioether (sulfide) groups is 1. The third kappa shape index (κ3) is 7.49. The molecule has 0 aromatic heterocycles. The molecule has 0 amide bonds. The van der Waals surface area contributed by atoms with Crippen LogP contribution in [0.1, 0.15) is 42.9 Å². The Morgan fingerprint density at radius 2 is 1.88 bits per heavy atom. The van der Waals surface area contributed by atoms with Gasteiger partial charge in [-0.1, -0.05) is 55.8 Å². The quantitative estimate of drug-likeness (QED) is 0.456. The van der Waals surface area contributed by atoms with E-state index in [0.29, 0.717) is 11.0 Å². The van der Waals surface area contributed by atoms with E-state index in [4.69, 9.17) is 12.2 Å². The first-order valence-electron chi connectivity index (χ1n) is 8.82. The zero-order chi connectivity index (χ0) is 18.1.